The molecule has 5 rings (SSSR count). The summed E-state index contributed by atoms with van der Waals surface area (Å²) >= 11 is 0. The van der Waals surface area contributed by atoms with Gasteiger partial charge >= 0.3 is 0 Å². The highest BCUT2D eigenvalue weighted by molar-refractivity contribution is 7.75. The maximum Gasteiger partial charge on any atom is 0.195 e. The van der Waals surface area contributed by atoms with Crippen LogP contribution in [0.2, 0.25) is 0 Å². The topological polar surface area (TPSA) is 21.6 Å². The lowest BCUT2D eigenvalue weighted by atomic mass is 10.1. The molecule has 3 aromatic rings. The zero-order chi connectivity index (χ0) is 19.1. The van der Waals surface area contributed by atoms with Gasteiger partial charge in [-0.15, -0.1) is 0 Å². The minimum absolute atomic E-state index is 0.147. The van der Waals surface area contributed by atoms with Gasteiger partial charge in [0.05, 0.1) is 5.16 Å². The van der Waals surface area contributed by atoms with Crippen LogP contribution >= 0.6 is 7.92 Å². The molecular weight excluding hydrogens is 361 g/mol. The predicted octanol–water partition coefficient (Wildman–Crippen LogP) is 4.99. The summed E-state index contributed by atoms with van der Waals surface area (Å²) in [5.41, 5.74) is 2.72. The van der Waals surface area contributed by atoms with Gasteiger partial charge in [-0.2, -0.15) is 0 Å². The van der Waals surface area contributed by atoms with Crippen LogP contribution in [-0.4, -0.2) is 17.2 Å². The van der Waals surface area contributed by atoms with Gasteiger partial charge < -0.3 is 4.74 Å². The van der Waals surface area contributed by atoms with Crippen molar-refractivity contribution >= 4 is 24.4 Å². The minimum atomic E-state index is -0.647. The first-order chi connectivity index (χ1) is 13.6. The average Bonchev–Trinajstić information content (AvgIpc) is 3.28. The van der Waals surface area contributed by atoms with Crippen molar-refractivity contribution in [2.24, 2.45) is 4.99 Å². The van der Waals surface area contributed by atoms with Crippen LogP contribution < -0.4 is 10.6 Å². The Morgan fingerprint density at radius 1 is 0.821 bits per heavy atom. The van der Waals surface area contributed by atoms with Crippen LogP contribution in [0.4, 0.5) is 0 Å². The molecule has 0 bridgehead atoms. The first kappa shape index (κ1) is 17.6. The molecule has 0 aromatic heterocycles. The Hall–Kier alpha value is -2.44. The third kappa shape index (κ3) is 2.88. The Morgan fingerprint density at radius 3 is 2.04 bits per heavy atom. The van der Waals surface area contributed by atoms with E-state index in [0.717, 1.165) is 12.3 Å². The van der Waals surface area contributed by atoms with Gasteiger partial charge in [-0.05, 0) is 43.5 Å². The SMILES string of the molecule is CC(C)(C1=N[C@H]2c3ccccc3C[C@H]2O1)P(c1ccccc1)c1ccccc1. The highest BCUT2D eigenvalue weighted by atomic mass is 31.1. The lowest BCUT2D eigenvalue weighted by Crippen LogP contribution is -2.38. The lowest BCUT2D eigenvalue weighted by molar-refractivity contribution is 0.198. The van der Waals surface area contributed by atoms with Crippen molar-refractivity contribution in [3.8, 4) is 0 Å². The summed E-state index contributed by atoms with van der Waals surface area (Å²) in [6, 6.07) is 30.4. The fraction of sp³-hybridized carbons (Fsp3) is 0.240. The smallest absolute Gasteiger partial charge is 0.195 e. The number of nitrogens with zero attached hydrogens (tertiary/aromatic N) is 1. The molecule has 0 N–H and O–H groups in total. The number of aliphatic imine (C=N–C) groups is 1. The van der Waals surface area contributed by atoms with Crippen molar-refractivity contribution in [1.82, 2.24) is 0 Å². The van der Waals surface area contributed by atoms with Gasteiger partial charge in [0.15, 0.2) is 5.90 Å². The van der Waals surface area contributed by atoms with Gasteiger partial charge in [0, 0.05) is 6.42 Å². The van der Waals surface area contributed by atoms with E-state index in [2.05, 4.69) is 98.8 Å². The van der Waals surface area contributed by atoms with Crippen LogP contribution in [-0.2, 0) is 11.2 Å². The molecule has 3 aromatic carbocycles. The second-order valence-corrected chi connectivity index (χ2v) is 10.8. The van der Waals surface area contributed by atoms with Gasteiger partial charge in [0.2, 0.25) is 0 Å². The molecule has 2 aliphatic rings. The standard InChI is InChI=1S/C25H24NOP/c1-25(2,24-26-23-21-16-10-9-11-18(21)17-22(23)27-24)28(19-12-5-3-6-13-19)20-14-7-4-8-15-20/h3-16,22-23H,17H2,1-2H3/t22-,23+/m1/s1. The molecule has 0 saturated heterocycles. The third-order valence-electron chi connectivity index (χ3n) is 5.78. The van der Waals surface area contributed by atoms with Gasteiger partial charge in [-0.3, -0.25) is 0 Å². The quantitative estimate of drug-likeness (QED) is 0.580. The van der Waals surface area contributed by atoms with Crippen molar-refractivity contribution < 1.29 is 4.74 Å². The Morgan fingerprint density at radius 2 is 1.39 bits per heavy atom. The average molecular weight is 385 g/mol. The third-order valence-corrected chi connectivity index (χ3v) is 8.72. The number of benzene rings is 3. The van der Waals surface area contributed by atoms with E-state index in [9.17, 15) is 0 Å². The summed E-state index contributed by atoms with van der Waals surface area (Å²) in [6.07, 6.45) is 1.11. The predicted molar refractivity (Wildman–Crippen MR) is 118 cm³/mol. The molecule has 0 saturated carbocycles. The summed E-state index contributed by atoms with van der Waals surface area (Å²) in [5.74, 6) is 0.913. The lowest BCUT2D eigenvalue weighted by Gasteiger charge is -2.35. The first-order valence-corrected chi connectivity index (χ1v) is 11.2. The number of ether oxygens (including phenoxy) is 1. The van der Waals surface area contributed by atoms with Crippen molar-refractivity contribution in [3.05, 3.63) is 96.1 Å². The molecule has 0 fully saturated rings. The number of rotatable bonds is 4. The van der Waals surface area contributed by atoms with Gasteiger partial charge in [-0.1, -0.05) is 84.9 Å². The normalized spacial score (nSPS) is 20.5. The molecule has 0 amide bonds. The molecule has 1 aliphatic carbocycles. The second-order valence-electron chi connectivity index (χ2n) is 8.00. The van der Waals surface area contributed by atoms with Gasteiger partial charge in [-0.25, -0.2) is 4.99 Å². The fourth-order valence-corrected chi connectivity index (χ4v) is 7.27. The zero-order valence-electron chi connectivity index (χ0n) is 16.2. The molecule has 2 nitrogen and oxygen atoms in total. The molecule has 0 radical (unpaired) electrons. The van der Waals surface area contributed by atoms with Crippen molar-refractivity contribution in [2.45, 2.75) is 37.6 Å². The summed E-state index contributed by atoms with van der Waals surface area (Å²) < 4.78 is 6.52. The monoisotopic (exact) mass is 385 g/mol. The van der Waals surface area contributed by atoms with Crippen LogP contribution in [0.1, 0.15) is 31.0 Å². The largest absolute Gasteiger partial charge is 0.474 e. The molecule has 0 unspecified atom stereocenters. The molecule has 1 heterocycles. The fourth-order valence-electron chi connectivity index (χ4n) is 4.44. The molecular formula is C25H24NOP. The molecule has 0 spiro atoms. The second kappa shape index (κ2) is 6.87. The van der Waals surface area contributed by atoms with Crippen molar-refractivity contribution in [3.63, 3.8) is 0 Å². The van der Waals surface area contributed by atoms with Gasteiger partial charge in [0.1, 0.15) is 12.1 Å². The van der Waals surface area contributed by atoms with E-state index in [4.69, 9.17) is 9.73 Å². The molecule has 140 valence electrons. The molecule has 2 atom stereocenters. The van der Waals surface area contributed by atoms with E-state index >= 15 is 0 Å². The zero-order valence-corrected chi connectivity index (χ0v) is 17.1. The minimum Gasteiger partial charge on any atom is -0.474 e. The Balaban J connectivity index is 1.56. The van der Waals surface area contributed by atoms with Crippen molar-refractivity contribution in [1.29, 1.82) is 0 Å². The van der Waals surface area contributed by atoms with E-state index in [1.54, 1.807) is 0 Å². The van der Waals surface area contributed by atoms with Crippen LogP contribution in [0.3, 0.4) is 0 Å². The van der Waals surface area contributed by atoms with E-state index in [0.29, 0.717) is 0 Å². The Kier molecular flexibility index (Phi) is 4.33. The van der Waals surface area contributed by atoms with E-state index < -0.39 is 7.92 Å². The summed E-state index contributed by atoms with van der Waals surface area (Å²) in [5, 5.41) is 2.53. The highest BCUT2D eigenvalue weighted by Gasteiger charge is 2.46. The molecule has 1 aliphatic heterocycles. The van der Waals surface area contributed by atoms with Crippen LogP contribution in [0.15, 0.2) is 89.9 Å². The maximum atomic E-state index is 6.52. The summed E-state index contributed by atoms with van der Waals surface area (Å²) in [7, 11) is -0.647. The van der Waals surface area contributed by atoms with Gasteiger partial charge in [0.25, 0.3) is 0 Å². The number of hydrogen-bond acceptors (Lipinski definition) is 2. The van der Waals surface area contributed by atoms with E-state index in [1.165, 1.54) is 21.7 Å². The van der Waals surface area contributed by atoms with E-state index in [1.807, 2.05) is 0 Å². The van der Waals surface area contributed by atoms with Crippen LogP contribution in [0.25, 0.3) is 0 Å². The van der Waals surface area contributed by atoms with E-state index in [-0.39, 0.29) is 17.3 Å². The Bertz CT molecular complexity index is 973. The van der Waals surface area contributed by atoms with Crippen molar-refractivity contribution in [2.75, 3.05) is 0 Å². The maximum absolute atomic E-state index is 6.52. The number of hydrogen-bond donors (Lipinski definition) is 0. The highest BCUT2D eigenvalue weighted by Crippen LogP contribution is 2.52. The number of fused-ring (bicyclic) bond motifs is 3. The molecule has 28 heavy (non-hydrogen) atoms. The molecule has 3 heteroatoms. The summed E-state index contributed by atoms with van der Waals surface area (Å²) in [6.45, 7) is 4.59. The van der Waals surface area contributed by atoms with Crippen LogP contribution in [0.5, 0.6) is 0 Å². The Labute approximate surface area is 168 Å². The summed E-state index contributed by atoms with van der Waals surface area (Å²) in [4.78, 5) is 5.15. The van der Waals surface area contributed by atoms with Crippen LogP contribution in [0, 0.1) is 0 Å². The first-order valence-electron chi connectivity index (χ1n) is 9.87.